The third-order valence-corrected chi connectivity index (χ3v) is 4.46. The molecule has 1 spiro atoms. The lowest BCUT2D eigenvalue weighted by Gasteiger charge is -2.21. The molecule has 106 valence electrons. The zero-order chi connectivity index (χ0) is 14.0. The van der Waals surface area contributed by atoms with Crippen LogP contribution in [0, 0.1) is 5.41 Å². The van der Waals surface area contributed by atoms with Gasteiger partial charge >= 0.3 is 0 Å². The standard InChI is InChI=1S/C16H20N2O2/c19-14-10-16(11-17-14)8-9-18(12-16)15(20)7-6-13-4-2-1-3-5-13/h1-5H,6-12H2,(H,17,19). The Morgan fingerprint density at radius 1 is 1.30 bits per heavy atom. The van der Waals surface area contributed by atoms with E-state index in [-0.39, 0.29) is 17.2 Å². The first-order chi connectivity index (χ1) is 9.67. The molecule has 1 atom stereocenters. The van der Waals surface area contributed by atoms with Crippen LogP contribution in [0.3, 0.4) is 0 Å². The van der Waals surface area contributed by atoms with Gasteiger partial charge in [0.2, 0.25) is 11.8 Å². The molecule has 2 aliphatic heterocycles. The Kier molecular flexibility index (Phi) is 3.47. The molecule has 3 rings (SSSR count). The molecule has 2 amide bonds. The van der Waals surface area contributed by atoms with Crippen LogP contribution in [-0.4, -0.2) is 36.3 Å². The molecule has 2 saturated heterocycles. The van der Waals surface area contributed by atoms with E-state index in [1.165, 1.54) is 5.56 Å². The van der Waals surface area contributed by atoms with Gasteiger partial charge < -0.3 is 10.2 Å². The van der Waals surface area contributed by atoms with Crippen LogP contribution in [-0.2, 0) is 16.0 Å². The molecule has 2 aliphatic rings. The molecule has 1 aromatic rings. The van der Waals surface area contributed by atoms with Crippen molar-refractivity contribution < 1.29 is 9.59 Å². The SMILES string of the molecule is O=C1CC2(CCN(C(=O)CCc3ccccc3)C2)CN1. The van der Waals surface area contributed by atoms with Crippen molar-refractivity contribution in [2.45, 2.75) is 25.7 Å². The van der Waals surface area contributed by atoms with Crippen molar-refractivity contribution in [1.82, 2.24) is 10.2 Å². The number of hydrogen-bond acceptors (Lipinski definition) is 2. The van der Waals surface area contributed by atoms with Crippen molar-refractivity contribution in [3.8, 4) is 0 Å². The van der Waals surface area contributed by atoms with E-state index in [0.717, 1.165) is 32.5 Å². The lowest BCUT2D eigenvalue weighted by atomic mass is 9.86. The quantitative estimate of drug-likeness (QED) is 0.903. The minimum absolute atomic E-state index is 0.0134. The number of likely N-dealkylation sites (tertiary alicyclic amines) is 1. The van der Waals surface area contributed by atoms with Crippen molar-refractivity contribution in [2.75, 3.05) is 19.6 Å². The fraction of sp³-hybridized carbons (Fsp3) is 0.500. The Labute approximate surface area is 119 Å². The maximum atomic E-state index is 12.3. The monoisotopic (exact) mass is 272 g/mol. The van der Waals surface area contributed by atoms with E-state index in [9.17, 15) is 9.59 Å². The summed E-state index contributed by atoms with van der Waals surface area (Å²) in [5, 5.41) is 2.89. The maximum Gasteiger partial charge on any atom is 0.222 e. The summed E-state index contributed by atoms with van der Waals surface area (Å²) in [6.45, 7) is 2.26. The lowest BCUT2D eigenvalue weighted by molar-refractivity contribution is -0.130. The normalized spacial score (nSPS) is 25.2. The van der Waals surface area contributed by atoms with E-state index in [4.69, 9.17) is 0 Å². The second kappa shape index (κ2) is 5.27. The Morgan fingerprint density at radius 2 is 2.10 bits per heavy atom. The Balaban J connectivity index is 1.53. The number of hydrogen-bond donors (Lipinski definition) is 1. The third kappa shape index (κ3) is 2.69. The average Bonchev–Trinajstić information content (AvgIpc) is 3.04. The molecule has 2 heterocycles. The molecule has 4 heteroatoms. The summed E-state index contributed by atoms with van der Waals surface area (Å²) in [4.78, 5) is 25.6. The summed E-state index contributed by atoms with van der Waals surface area (Å²) < 4.78 is 0. The van der Waals surface area contributed by atoms with E-state index in [2.05, 4.69) is 17.4 Å². The van der Waals surface area contributed by atoms with Crippen molar-refractivity contribution in [3.63, 3.8) is 0 Å². The van der Waals surface area contributed by atoms with Gasteiger partial charge in [0.05, 0.1) is 0 Å². The first-order valence-electron chi connectivity index (χ1n) is 7.25. The highest BCUT2D eigenvalue weighted by Gasteiger charge is 2.44. The zero-order valence-corrected chi connectivity index (χ0v) is 11.6. The smallest absolute Gasteiger partial charge is 0.222 e. The Morgan fingerprint density at radius 3 is 2.80 bits per heavy atom. The highest BCUT2D eigenvalue weighted by molar-refractivity contribution is 5.80. The van der Waals surface area contributed by atoms with E-state index >= 15 is 0 Å². The maximum absolute atomic E-state index is 12.3. The molecule has 0 saturated carbocycles. The van der Waals surface area contributed by atoms with E-state index in [1.54, 1.807) is 0 Å². The van der Waals surface area contributed by atoms with E-state index in [1.807, 2.05) is 23.1 Å². The van der Waals surface area contributed by atoms with Gasteiger partial charge in [-0.3, -0.25) is 9.59 Å². The molecule has 1 aromatic carbocycles. The molecule has 2 fully saturated rings. The minimum atomic E-state index is 0.0134. The summed E-state index contributed by atoms with van der Waals surface area (Å²) in [6.07, 6.45) is 2.88. The van der Waals surface area contributed by atoms with Gasteiger partial charge in [0.1, 0.15) is 0 Å². The second-order valence-corrected chi connectivity index (χ2v) is 6.00. The topological polar surface area (TPSA) is 49.4 Å². The summed E-state index contributed by atoms with van der Waals surface area (Å²) in [5.41, 5.74) is 1.21. The van der Waals surface area contributed by atoms with Gasteiger partial charge in [-0.15, -0.1) is 0 Å². The molecule has 20 heavy (non-hydrogen) atoms. The van der Waals surface area contributed by atoms with Gasteiger partial charge in [0.25, 0.3) is 0 Å². The van der Waals surface area contributed by atoms with Gasteiger partial charge in [-0.05, 0) is 18.4 Å². The van der Waals surface area contributed by atoms with Crippen LogP contribution in [0.1, 0.15) is 24.8 Å². The Bertz CT molecular complexity index is 514. The van der Waals surface area contributed by atoms with Gasteiger partial charge in [-0.1, -0.05) is 30.3 Å². The predicted octanol–water partition coefficient (Wildman–Crippen LogP) is 1.36. The minimum Gasteiger partial charge on any atom is -0.355 e. The molecule has 1 N–H and O–H groups in total. The number of aryl methyl sites for hydroxylation is 1. The molecular weight excluding hydrogens is 252 g/mol. The molecule has 0 radical (unpaired) electrons. The molecule has 4 nitrogen and oxygen atoms in total. The van der Waals surface area contributed by atoms with E-state index < -0.39 is 0 Å². The highest BCUT2D eigenvalue weighted by Crippen LogP contribution is 2.36. The number of amides is 2. The second-order valence-electron chi connectivity index (χ2n) is 6.00. The summed E-state index contributed by atoms with van der Waals surface area (Å²) in [7, 11) is 0. The lowest BCUT2D eigenvalue weighted by Crippen LogP contribution is -2.33. The number of nitrogens with zero attached hydrogens (tertiary/aromatic N) is 1. The van der Waals surface area contributed by atoms with Gasteiger partial charge in [0.15, 0.2) is 0 Å². The fourth-order valence-electron chi connectivity index (χ4n) is 3.24. The van der Waals surface area contributed by atoms with Crippen LogP contribution in [0.4, 0.5) is 0 Å². The zero-order valence-electron chi connectivity index (χ0n) is 11.6. The van der Waals surface area contributed by atoms with Crippen molar-refractivity contribution >= 4 is 11.8 Å². The van der Waals surface area contributed by atoms with E-state index in [0.29, 0.717) is 12.8 Å². The molecule has 0 bridgehead atoms. The number of benzene rings is 1. The average molecular weight is 272 g/mol. The van der Waals surface area contributed by atoms with Crippen LogP contribution in [0.2, 0.25) is 0 Å². The number of carbonyl (C=O) groups excluding carboxylic acids is 2. The largest absolute Gasteiger partial charge is 0.355 e. The summed E-state index contributed by atoms with van der Waals surface area (Å²) in [5.74, 6) is 0.341. The summed E-state index contributed by atoms with van der Waals surface area (Å²) in [6, 6.07) is 10.1. The fourth-order valence-corrected chi connectivity index (χ4v) is 3.24. The number of nitrogens with one attached hydrogen (secondary N) is 1. The van der Waals surface area contributed by atoms with Crippen molar-refractivity contribution in [1.29, 1.82) is 0 Å². The third-order valence-electron chi connectivity index (χ3n) is 4.46. The first kappa shape index (κ1) is 13.2. The van der Waals surface area contributed by atoms with Crippen LogP contribution in [0.15, 0.2) is 30.3 Å². The molecular formula is C16H20N2O2. The van der Waals surface area contributed by atoms with Gasteiger partial charge in [0, 0.05) is 37.9 Å². The molecule has 0 aliphatic carbocycles. The van der Waals surface area contributed by atoms with Crippen LogP contribution in [0.25, 0.3) is 0 Å². The number of rotatable bonds is 3. The highest BCUT2D eigenvalue weighted by atomic mass is 16.2. The Hall–Kier alpha value is -1.84. The van der Waals surface area contributed by atoms with Crippen LogP contribution in [0.5, 0.6) is 0 Å². The van der Waals surface area contributed by atoms with Crippen LogP contribution >= 0.6 is 0 Å². The van der Waals surface area contributed by atoms with Crippen molar-refractivity contribution in [2.24, 2.45) is 5.41 Å². The first-order valence-corrected chi connectivity index (χ1v) is 7.25. The van der Waals surface area contributed by atoms with Gasteiger partial charge in [-0.25, -0.2) is 0 Å². The summed E-state index contributed by atoms with van der Waals surface area (Å²) >= 11 is 0. The van der Waals surface area contributed by atoms with Crippen molar-refractivity contribution in [3.05, 3.63) is 35.9 Å². The van der Waals surface area contributed by atoms with Gasteiger partial charge in [-0.2, -0.15) is 0 Å². The molecule has 0 aromatic heterocycles. The number of carbonyl (C=O) groups is 2. The molecule has 1 unspecified atom stereocenters. The van der Waals surface area contributed by atoms with Crippen LogP contribution < -0.4 is 5.32 Å². The predicted molar refractivity (Wildman–Crippen MR) is 76.0 cm³/mol.